The van der Waals surface area contributed by atoms with E-state index in [-0.39, 0.29) is 11.3 Å². The van der Waals surface area contributed by atoms with Gasteiger partial charge in [0.05, 0.1) is 0 Å². The summed E-state index contributed by atoms with van der Waals surface area (Å²) in [6.07, 6.45) is 2.99. The maximum atomic E-state index is 13.7. The van der Waals surface area contributed by atoms with E-state index in [0.29, 0.717) is 19.0 Å². The van der Waals surface area contributed by atoms with Crippen LogP contribution in [0.2, 0.25) is 0 Å². The van der Waals surface area contributed by atoms with Crippen molar-refractivity contribution >= 4 is 11.6 Å². The third kappa shape index (κ3) is 3.66. The van der Waals surface area contributed by atoms with E-state index in [1.54, 1.807) is 0 Å². The molecule has 0 heterocycles. The number of amides is 1. The Morgan fingerprint density at radius 1 is 1.32 bits per heavy atom. The summed E-state index contributed by atoms with van der Waals surface area (Å²) in [5.74, 6) is -1.36. The molecule has 0 bridgehead atoms. The number of hydrogen-bond acceptors (Lipinski definition) is 2. The Labute approximate surface area is 111 Å². The normalized spacial score (nSPS) is 14.3. The van der Waals surface area contributed by atoms with Crippen molar-refractivity contribution in [3.05, 3.63) is 29.3 Å². The van der Waals surface area contributed by atoms with Crippen molar-refractivity contribution in [2.24, 2.45) is 5.92 Å². The first-order valence-corrected chi connectivity index (χ1v) is 6.63. The monoisotopic (exact) mass is 268 g/mol. The second kappa shape index (κ2) is 5.99. The maximum Gasteiger partial charge on any atom is 0.251 e. The van der Waals surface area contributed by atoms with Crippen molar-refractivity contribution in [1.82, 2.24) is 5.32 Å². The molecule has 1 saturated carbocycles. The molecule has 1 aliphatic carbocycles. The topological polar surface area (TPSA) is 41.1 Å². The standard InChI is InChI=1S/C14H18F2N2O/c1-2-5-17-13-11(15)6-10(7-12(13)16)14(19)18-8-9-3-4-9/h6-7,9,17H,2-5,8H2,1H3,(H,18,19). The number of benzene rings is 1. The van der Waals surface area contributed by atoms with Crippen LogP contribution in [-0.2, 0) is 0 Å². The number of carbonyl (C=O) groups excluding carboxylic acids is 1. The maximum absolute atomic E-state index is 13.7. The molecule has 19 heavy (non-hydrogen) atoms. The van der Waals surface area contributed by atoms with Crippen LogP contribution in [0.3, 0.4) is 0 Å². The van der Waals surface area contributed by atoms with Gasteiger partial charge in [-0.1, -0.05) is 6.92 Å². The molecule has 0 aromatic heterocycles. The van der Waals surface area contributed by atoms with Gasteiger partial charge >= 0.3 is 0 Å². The van der Waals surface area contributed by atoms with Gasteiger partial charge in [-0.05, 0) is 37.3 Å². The van der Waals surface area contributed by atoms with Crippen LogP contribution < -0.4 is 10.6 Å². The van der Waals surface area contributed by atoms with Crippen molar-refractivity contribution < 1.29 is 13.6 Å². The van der Waals surface area contributed by atoms with Crippen LogP contribution in [0.5, 0.6) is 0 Å². The zero-order valence-electron chi connectivity index (χ0n) is 10.9. The molecule has 0 radical (unpaired) electrons. The Bertz CT molecular complexity index is 450. The summed E-state index contributed by atoms with van der Waals surface area (Å²) >= 11 is 0. The fourth-order valence-electron chi connectivity index (χ4n) is 1.78. The Balaban J connectivity index is 2.06. The van der Waals surface area contributed by atoms with Crippen LogP contribution in [0.25, 0.3) is 0 Å². The second-order valence-corrected chi connectivity index (χ2v) is 4.90. The molecule has 1 amide bonds. The van der Waals surface area contributed by atoms with Crippen LogP contribution in [0.15, 0.2) is 12.1 Å². The van der Waals surface area contributed by atoms with Crippen molar-refractivity contribution in [2.75, 3.05) is 18.4 Å². The smallest absolute Gasteiger partial charge is 0.251 e. The van der Waals surface area contributed by atoms with Gasteiger partial charge in [0, 0.05) is 18.7 Å². The van der Waals surface area contributed by atoms with E-state index < -0.39 is 17.5 Å². The van der Waals surface area contributed by atoms with Crippen LogP contribution in [0.1, 0.15) is 36.5 Å². The van der Waals surface area contributed by atoms with Crippen molar-refractivity contribution in [3.8, 4) is 0 Å². The van der Waals surface area contributed by atoms with Crippen LogP contribution in [0, 0.1) is 17.6 Å². The van der Waals surface area contributed by atoms with Gasteiger partial charge in [0.2, 0.25) is 0 Å². The molecule has 0 aliphatic heterocycles. The van der Waals surface area contributed by atoms with E-state index >= 15 is 0 Å². The summed E-state index contributed by atoms with van der Waals surface area (Å²) in [7, 11) is 0. The molecule has 1 aliphatic rings. The number of nitrogens with one attached hydrogen (secondary N) is 2. The molecule has 0 atom stereocenters. The average Bonchev–Trinajstić information content (AvgIpc) is 3.19. The minimum atomic E-state index is -0.731. The van der Waals surface area contributed by atoms with E-state index in [9.17, 15) is 13.6 Å². The van der Waals surface area contributed by atoms with Crippen LogP contribution in [0.4, 0.5) is 14.5 Å². The first-order chi connectivity index (χ1) is 9.11. The molecule has 0 unspecified atom stereocenters. The third-order valence-electron chi connectivity index (χ3n) is 3.10. The fourth-order valence-corrected chi connectivity index (χ4v) is 1.78. The van der Waals surface area contributed by atoms with E-state index in [1.165, 1.54) is 0 Å². The summed E-state index contributed by atoms with van der Waals surface area (Å²) in [5, 5.41) is 5.36. The lowest BCUT2D eigenvalue weighted by Crippen LogP contribution is -2.25. The molecule has 3 nitrogen and oxygen atoms in total. The minimum Gasteiger partial charge on any atom is -0.380 e. The minimum absolute atomic E-state index is 0.0256. The molecule has 104 valence electrons. The largest absolute Gasteiger partial charge is 0.380 e. The molecule has 1 fully saturated rings. The van der Waals surface area contributed by atoms with Gasteiger partial charge in [0.1, 0.15) is 17.3 Å². The Morgan fingerprint density at radius 3 is 2.47 bits per heavy atom. The van der Waals surface area contributed by atoms with Crippen LogP contribution in [-0.4, -0.2) is 19.0 Å². The van der Waals surface area contributed by atoms with Gasteiger partial charge in [-0.3, -0.25) is 4.79 Å². The molecule has 2 N–H and O–H groups in total. The lowest BCUT2D eigenvalue weighted by atomic mass is 10.1. The zero-order chi connectivity index (χ0) is 13.8. The molecule has 0 saturated heterocycles. The summed E-state index contributed by atoms with van der Waals surface area (Å²) in [6, 6.07) is 2.15. The van der Waals surface area contributed by atoms with Crippen molar-refractivity contribution in [2.45, 2.75) is 26.2 Å². The number of anilines is 1. The molecule has 2 rings (SSSR count). The van der Waals surface area contributed by atoms with Gasteiger partial charge < -0.3 is 10.6 Å². The lowest BCUT2D eigenvalue weighted by molar-refractivity contribution is 0.0951. The molecule has 5 heteroatoms. The average molecular weight is 268 g/mol. The first kappa shape index (κ1) is 13.8. The van der Waals surface area contributed by atoms with E-state index in [0.717, 1.165) is 31.4 Å². The Morgan fingerprint density at radius 2 is 1.95 bits per heavy atom. The van der Waals surface area contributed by atoms with Gasteiger partial charge in [-0.15, -0.1) is 0 Å². The summed E-state index contributed by atoms with van der Waals surface area (Å²) in [4.78, 5) is 11.7. The Hall–Kier alpha value is -1.65. The fraction of sp³-hybridized carbons (Fsp3) is 0.500. The summed E-state index contributed by atoms with van der Waals surface area (Å²) < 4.78 is 27.4. The quantitative estimate of drug-likeness (QED) is 0.833. The van der Waals surface area contributed by atoms with Gasteiger partial charge in [0.25, 0.3) is 5.91 Å². The van der Waals surface area contributed by atoms with E-state index in [4.69, 9.17) is 0 Å². The molecule has 1 aromatic rings. The summed E-state index contributed by atoms with van der Waals surface area (Å²) in [5.41, 5.74) is -0.140. The predicted molar refractivity (Wildman–Crippen MR) is 70.2 cm³/mol. The lowest BCUT2D eigenvalue weighted by Gasteiger charge is -2.10. The number of carbonyl (C=O) groups is 1. The van der Waals surface area contributed by atoms with E-state index in [2.05, 4.69) is 10.6 Å². The van der Waals surface area contributed by atoms with E-state index in [1.807, 2.05) is 6.92 Å². The first-order valence-electron chi connectivity index (χ1n) is 6.63. The summed E-state index contributed by atoms with van der Waals surface area (Å²) in [6.45, 7) is 2.97. The van der Waals surface area contributed by atoms with Gasteiger partial charge in [-0.25, -0.2) is 8.78 Å². The number of halogens is 2. The molecular formula is C14H18F2N2O. The number of hydrogen-bond donors (Lipinski definition) is 2. The predicted octanol–water partition coefficient (Wildman–Crippen LogP) is 2.93. The second-order valence-electron chi connectivity index (χ2n) is 4.90. The van der Waals surface area contributed by atoms with Crippen molar-refractivity contribution in [1.29, 1.82) is 0 Å². The molecular weight excluding hydrogens is 250 g/mol. The van der Waals surface area contributed by atoms with Crippen LogP contribution >= 0.6 is 0 Å². The number of rotatable bonds is 6. The highest BCUT2D eigenvalue weighted by Crippen LogP contribution is 2.27. The highest BCUT2D eigenvalue weighted by molar-refractivity contribution is 5.94. The highest BCUT2D eigenvalue weighted by atomic mass is 19.1. The van der Waals surface area contributed by atoms with Gasteiger partial charge in [-0.2, -0.15) is 0 Å². The van der Waals surface area contributed by atoms with Gasteiger partial charge in [0.15, 0.2) is 0 Å². The molecule has 1 aromatic carbocycles. The SMILES string of the molecule is CCCNc1c(F)cc(C(=O)NCC2CC2)cc1F. The molecule has 0 spiro atoms. The Kier molecular flexibility index (Phi) is 4.35. The third-order valence-corrected chi connectivity index (χ3v) is 3.10. The zero-order valence-corrected chi connectivity index (χ0v) is 10.9. The van der Waals surface area contributed by atoms with Crippen molar-refractivity contribution in [3.63, 3.8) is 0 Å². The highest BCUT2D eigenvalue weighted by Gasteiger charge is 2.22.